The predicted octanol–water partition coefficient (Wildman–Crippen LogP) is 2.72. The number of nitrogens with one attached hydrogen (secondary N) is 1. The third kappa shape index (κ3) is 3.06. The van der Waals surface area contributed by atoms with Crippen molar-refractivity contribution in [1.29, 1.82) is 0 Å². The molecule has 1 amide bonds. The Hall–Kier alpha value is -2.08. The van der Waals surface area contributed by atoms with Crippen LogP contribution in [0, 0.1) is 5.92 Å². The maximum atomic E-state index is 11.4. The summed E-state index contributed by atoms with van der Waals surface area (Å²) in [6.45, 7) is 5.72. The van der Waals surface area contributed by atoms with Crippen LogP contribution in [0.4, 0.5) is 11.5 Å². The summed E-state index contributed by atoms with van der Waals surface area (Å²) in [6, 6.07) is 10.2. The van der Waals surface area contributed by atoms with Crippen LogP contribution < -0.4 is 10.2 Å². The molecule has 0 spiro atoms. The zero-order valence-corrected chi connectivity index (χ0v) is 13.7. The molecule has 0 unspecified atom stereocenters. The van der Waals surface area contributed by atoms with Crippen molar-refractivity contribution in [1.82, 2.24) is 15.1 Å². The van der Waals surface area contributed by atoms with Crippen LogP contribution in [0.3, 0.4) is 0 Å². The molecular formula is C16H17BrN4O. The second kappa shape index (κ2) is 6.36. The number of carbonyl (C=O) groups excluding carboxylic acids is 1. The monoisotopic (exact) mass is 360 g/mol. The Labute approximate surface area is 137 Å². The lowest BCUT2D eigenvalue weighted by molar-refractivity contribution is -0.116. The van der Waals surface area contributed by atoms with Gasteiger partial charge in [-0.1, -0.05) is 22.5 Å². The third-order valence-electron chi connectivity index (χ3n) is 3.73. The number of anilines is 2. The predicted molar refractivity (Wildman–Crippen MR) is 90.1 cm³/mol. The molecular weight excluding hydrogens is 344 g/mol. The Kier molecular flexibility index (Phi) is 4.29. The Morgan fingerprint density at radius 2 is 2.14 bits per heavy atom. The van der Waals surface area contributed by atoms with Gasteiger partial charge in [-0.2, -0.15) is 5.10 Å². The van der Waals surface area contributed by atoms with E-state index in [1.807, 2.05) is 29.1 Å². The van der Waals surface area contributed by atoms with Crippen LogP contribution in [-0.4, -0.2) is 28.8 Å². The van der Waals surface area contributed by atoms with Crippen LogP contribution in [0.15, 0.2) is 53.7 Å². The van der Waals surface area contributed by atoms with Gasteiger partial charge in [-0.3, -0.25) is 4.79 Å². The van der Waals surface area contributed by atoms with E-state index in [-0.39, 0.29) is 5.91 Å². The standard InChI is InChI=1S/C16H17BrN4O/c1-2-15(22)18-9-12-10-20(14-5-3-13(17)4-6-14)16-7-8-19-21(16)11-12/h2-8,12H,1,9-11H2,(H,18,22)/t12-/m0/s1. The smallest absolute Gasteiger partial charge is 0.243 e. The highest BCUT2D eigenvalue weighted by molar-refractivity contribution is 9.10. The van der Waals surface area contributed by atoms with Gasteiger partial charge in [0.2, 0.25) is 5.91 Å². The summed E-state index contributed by atoms with van der Waals surface area (Å²) in [5, 5.41) is 7.25. The van der Waals surface area contributed by atoms with Crippen molar-refractivity contribution in [3.8, 4) is 0 Å². The average molecular weight is 361 g/mol. The SMILES string of the molecule is C=CC(=O)NC[C@H]1CN(c2ccc(Br)cc2)c2ccnn2C1. The molecule has 114 valence electrons. The number of fused-ring (bicyclic) bond motifs is 1. The number of amides is 1. The number of benzene rings is 1. The second-order valence-electron chi connectivity index (χ2n) is 5.27. The molecule has 2 aromatic rings. The van der Waals surface area contributed by atoms with Crippen molar-refractivity contribution in [2.75, 3.05) is 18.0 Å². The molecule has 22 heavy (non-hydrogen) atoms. The third-order valence-corrected chi connectivity index (χ3v) is 4.26. The van der Waals surface area contributed by atoms with Crippen molar-refractivity contribution >= 4 is 33.3 Å². The summed E-state index contributed by atoms with van der Waals surface area (Å²) in [7, 11) is 0. The maximum absolute atomic E-state index is 11.4. The van der Waals surface area contributed by atoms with Gasteiger partial charge in [0.05, 0.1) is 6.20 Å². The van der Waals surface area contributed by atoms with Gasteiger partial charge in [0.25, 0.3) is 0 Å². The fourth-order valence-corrected chi connectivity index (χ4v) is 2.92. The molecule has 1 atom stereocenters. The largest absolute Gasteiger partial charge is 0.352 e. The number of halogens is 1. The van der Waals surface area contributed by atoms with Gasteiger partial charge >= 0.3 is 0 Å². The molecule has 2 heterocycles. The minimum atomic E-state index is -0.138. The van der Waals surface area contributed by atoms with Crippen LogP contribution in [0.1, 0.15) is 0 Å². The van der Waals surface area contributed by atoms with E-state index in [1.54, 1.807) is 0 Å². The van der Waals surface area contributed by atoms with Gasteiger partial charge in [0.15, 0.2) is 0 Å². The maximum Gasteiger partial charge on any atom is 0.243 e. The van der Waals surface area contributed by atoms with Gasteiger partial charge in [0, 0.05) is 41.8 Å². The van der Waals surface area contributed by atoms with Gasteiger partial charge in [-0.05, 0) is 30.3 Å². The molecule has 5 nitrogen and oxygen atoms in total. The molecule has 0 fully saturated rings. The number of hydrogen-bond acceptors (Lipinski definition) is 3. The second-order valence-corrected chi connectivity index (χ2v) is 6.19. The van der Waals surface area contributed by atoms with Gasteiger partial charge in [0.1, 0.15) is 5.82 Å². The highest BCUT2D eigenvalue weighted by atomic mass is 79.9. The van der Waals surface area contributed by atoms with Crippen LogP contribution in [-0.2, 0) is 11.3 Å². The van der Waals surface area contributed by atoms with Crippen LogP contribution >= 0.6 is 15.9 Å². The van der Waals surface area contributed by atoms with Crippen molar-refractivity contribution in [2.45, 2.75) is 6.54 Å². The number of rotatable bonds is 4. The summed E-state index contributed by atoms with van der Waals surface area (Å²) >= 11 is 3.46. The molecule has 1 aliphatic heterocycles. The molecule has 0 bridgehead atoms. The molecule has 0 saturated carbocycles. The van der Waals surface area contributed by atoms with E-state index in [9.17, 15) is 4.79 Å². The Morgan fingerprint density at radius 3 is 2.86 bits per heavy atom. The Bertz CT molecular complexity index is 680. The first-order valence-electron chi connectivity index (χ1n) is 7.12. The van der Waals surface area contributed by atoms with E-state index in [4.69, 9.17) is 0 Å². The van der Waals surface area contributed by atoms with Gasteiger partial charge < -0.3 is 10.2 Å². The topological polar surface area (TPSA) is 50.2 Å². The minimum absolute atomic E-state index is 0.138. The van der Waals surface area contributed by atoms with Crippen molar-refractivity contribution < 1.29 is 4.79 Å². The minimum Gasteiger partial charge on any atom is -0.352 e. The lowest BCUT2D eigenvalue weighted by atomic mass is 10.1. The molecule has 6 heteroatoms. The number of hydrogen-bond donors (Lipinski definition) is 1. The van der Waals surface area contributed by atoms with E-state index >= 15 is 0 Å². The summed E-state index contributed by atoms with van der Waals surface area (Å²) < 4.78 is 3.03. The first-order chi connectivity index (χ1) is 10.7. The zero-order chi connectivity index (χ0) is 15.5. The van der Waals surface area contributed by atoms with Crippen LogP contribution in [0.5, 0.6) is 0 Å². The number of nitrogens with zero attached hydrogens (tertiary/aromatic N) is 3. The molecule has 1 aliphatic rings. The molecule has 0 saturated heterocycles. The Morgan fingerprint density at radius 1 is 1.36 bits per heavy atom. The summed E-state index contributed by atoms with van der Waals surface area (Å²) in [4.78, 5) is 13.6. The normalized spacial score (nSPS) is 17.0. The summed E-state index contributed by atoms with van der Waals surface area (Å²) in [5.41, 5.74) is 1.12. The van der Waals surface area contributed by atoms with Gasteiger partial charge in [-0.25, -0.2) is 4.68 Å². The highest BCUT2D eigenvalue weighted by Crippen LogP contribution is 2.31. The molecule has 3 rings (SSSR count). The Balaban J connectivity index is 1.81. The number of aromatic nitrogens is 2. The summed E-state index contributed by atoms with van der Waals surface area (Å²) in [6.07, 6.45) is 3.11. The van der Waals surface area contributed by atoms with E-state index in [2.05, 4.69) is 50.0 Å². The quantitative estimate of drug-likeness (QED) is 0.852. The van der Waals surface area contributed by atoms with Crippen molar-refractivity contribution in [2.24, 2.45) is 5.92 Å². The van der Waals surface area contributed by atoms with Crippen LogP contribution in [0.2, 0.25) is 0 Å². The van der Waals surface area contributed by atoms with E-state index in [0.29, 0.717) is 12.5 Å². The molecule has 1 aromatic carbocycles. The van der Waals surface area contributed by atoms with Crippen LogP contribution in [0.25, 0.3) is 0 Å². The fraction of sp³-hybridized carbons (Fsp3) is 0.250. The van der Waals surface area contributed by atoms with E-state index in [0.717, 1.165) is 29.1 Å². The molecule has 0 aliphatic carbocycles. The van der Waals surface area contributed by atoms with Crippen molar-refractivity contribution in [3.63, 3.8) is 0 Å². The van der Waals surface area contributed by atoms with E-state index < -0.39 is 0 Å². The highest BCUT2D eigenvalue weighted by Gasteiger charge is 2.26. The first kappa shape index (κ1) is 14.8. The lowest BCUT2D eigenvalue weighted by Gasteiger charge is -2.34. The number of carbonyl (C=O) groups is 1. The van der Waals surface area contributed by atoms with E-state index in [1.165, 1.54) is 6.08 Å². The molecule has 1 N–H and O–H groups in total. The fourth-order valence-electron chi connectivity index (χ4n) is 2.65. The van der Waals surface area contributed by atoms with Crippen molar-refractivity contribution in [3.05, 3.63) is 53.7 Å². The average Bonchev–Trinajstić information content (AvgIpc) is 3.01. The summed E-state index contributed by atoms with van der Waals surface area (Å²) in [5.74, 6) is 1.23. The first-order valence-corrected chi connectivity index (χ1v) is 7.92. The van der Waals surface area contributed by atoms with Gasteiger partial charge in [-0.15, -0.1) is 0 Å². The lowest BCUT2D eigenvalue weighted by Crippen LogP contribution is -2.41. The molecule has 1 aromatic heterocycles. The molecule has 0 radical (unpaired) electrons. The zero-order valence-electron chi connectivity index (χ0n) is 12.1.